The normalized spacial score (nSPS) is 34.0. The molecule has 2 aliphatic rings. The molecule has 0 spiro atoms. The molecule has 2 N–H and O–H groups in total. The minimum Gasteiger partial charge on any atom is -0.382 e. The van der Waals surface area contributed by atoms with Crippen molar-refractivity contribution in [1.29, 1.82) is 0 Å². The number of nitrogens with zero attached hydrogens (tertiary/aromatic N) is 1. The van der Waals surface area contributed by atoms with Crippen LogP contribution in [0.4, 0.5) is 13.2 Å². The summed E-state index contributed by atoms with van der Waals surface area (Å²) in [6, 6.07) is 1.07. The molecule has 0 aromatic heterocycles. The second kappa shape index (κ2) is 5.35. The number of nitrogens with one attached hydrogen (secondary N) is 1. The van der Waals surface area contributed by atoms with E-state index in [1.165, 1.54) is 0 Å². The number of likely N-dealkylation sites (N-methyl/N-ethyl adjacent to an activating group) is 1. The lowest BCUT2D eigenvalue weighted by atomic mass is 9.98. The molecule has 0 aliphatic carbocycles. The van der Waals surface area contributed by atoms with Gasteiger partial charge in [0.25, 0.3) is 0 Å². The van der Waals surface area contributed by atoms with Crippen LogP contribution in [0, 0.1) is 0 Å². The van der Waals surface area contributed by atoms with Crippen LogP contribution < -0.4 is 5.32 Å². The van der Waals surface area contributed by atoms with Crippen LogP contribution in [0.3, 0.4) is 0 Å². The molecule has 0 saturated carbocycles. The number of piperidine rings is 1. The van der Waals surface area contributed by atoms with Crippen LogP contribution >= 0.6 is 0 Å². The summed E-state index contributed by atoms with van der Waals surface area (Å²) in [6.07, 6.45) is -2.70. The Morgan fingerprint density at radius 2 is 1.83 bits per heavy atom. The summed E-state index contributed by atoms with van der Waals surface area (Å²) in [6.45, 7) is 2.11. The molecule has 106 valence electrons. The van der Waals surface area contributed by atoms with E-state index in [-0.39, 0.29) is 12.6 Å². The second-order valence-electron chi connectivity index (χ2n) is 5.41. The highest BCUT2D eigenvalue weighted by atomic mass is 19.4. The number of aliphatic hydroxyl groups is 1. The summed E-state index contributed by atoms with van der Waals surface area (Å²) in [5.41, 5.74) is 0. The van der Waals surface area contributed by atoms with Crippen LogP contribution in [0.2, 0.25) is 0 Å². The van der Waals surface area contributed by atoms with Gasteiger partial charge in [0, 0.05) is 24.7 Å². The van der Waals surface area contributed by atoms with E-state index < -0.39 is 12.3 Å². The van der Waals surface area contributed by atoms with Gasteiger partial charge in [0.2, 0.25) is 0 Å². The Hall–Kier alpha value is -0.330. The lowest BCUT2D eigenvalue weighted by molar-refractivity contribution is -0.209. The molecule has 2 aliphatic heterocycles. The Kier molecular flexibility index (Phi) is 4.18. The number of aliphatic hydroxyl groups excluding tert-OH is 1. The molecule has 2 fully saturated rings. The van der Waals surface area contributed by atoms with E-state index in [9.17, 15) is 18.3 Å². The van der Waals surface area contributed by atoms with Crippen LogP contribution in [0.1, 0.15) is 32.6 Å². The van der Waals surface area contributed by atoms with Crippen LogP contribution in [0.15, 0.2) is 0 Å². The van der Waals surface area contributed by atoms with Crippen molar-refractivity contribution in [3.05, 3.63) is 0 Å². The number of hydrogen-bond acceptors (Lipinski definition) is 3. The monoisotopic (exact) mass is 266 g/mol. The first-order valence-corrected chi connectivity index (χ1v) is 6.65. The van der Waals surface area contributed by atoms with Gasteiger partial charge in [-0.2, -0.15) is 13.2 Å². The minimum atomic E-state index is -4.51. The molecule has 0 aromatic rings. The minimum absolute atomic E-state index is 0.172. The summed E-state index contributed by atoms with van der Waals surface area (Å²) in [5.74, 6) is 0. The van der Waals surface area contributed by atoms with Crippen LogP contribution in [0.5, 0.6) is 0 Å². The van der Waals surface area contributed by atoms with E-state index in [2.05, 4.69) is 5.32 Å². The Labute approximate surface area is 105 Å². The number of alkyl halides is 3. The SMILES string of the molecule is CCN(CC(O)C(F)(F)F)C1CC2CCC(C1)N2. The Balaban J connectivity index is 1.92. The van der Waals surface area contributed by atoms with Crippen molar-refractivity contribution >= 4 is 0 Å². The Morgan fingerprint density at radius 1 is 1.28 bits per heavy atom. The zero-order chi connectivity index (χ0) is 13.3. The molecule has 2 rings (SSSR count). The predicted molar refractivity (Wildman–Crippen MR) is 62.3 cm³/mol. The molecule has 2 bridgehead atoms. The zero-order valence-corrected chi connectivity index (χ0v) is 10.6. The van der Waals surface area contributed by atoms with Crippen LogP contribution in [0.25, 0.3) is 0 Å². The molecule has 0 amide bonds. The van der Waals surface area contributed by atoms with Gasteiger partial charge in [-0.25, -0.2) is 0 Å². The average Bonchev–Trinajstić information content (AvgIpc) is 2.63. The van der Waals surface area contributed by atoms with Gasteiger partial charge in [-0.05, 0) is 32.2 Å². The quantitative estimate of drug-likeness (QED) is 0.809. The van der Waals surface area contributed by atoms with Crippen molar-refractivity contribution in [2.45, 2.75) is 63.0 Å². The maximum atomic E-state index is 12.4. The Morgan fingerprint density at radius 3 is 2.28 bits per heavy atom. The van der Waals surface area contributed by atoms with Crippen molar-refractivity contribution in [1.82, 2.24) is 10.2 Å². The molecule has 0 radical (unpaired) electrons. The fourth-order valence-corrected chi connectivity index (χ4v) is 3.19. The molecular formula is C12H21F3N2O. The maximum Gasteiger partial charge on any atom is 0.415 e. The fourth-order valence-electron chi connectivity index (χ4n) is 3.19. The molecule has 6 heteroatoms. The predicted octanol–water partition coefficient (Wildman–Crippen LogP) is 1.51. The third-order valence-electron chi connectivity index (χ3n) is 4.16. The van der Waals surface area contributed by atoms with Gasteiger partial charge in [-0.3, -0.25) is 4.90 Å². The standard InChI is InChI=1S/C12H21F3N2O/c1-2-17(7-11(18)12(13,14)15)10-5-8-3-4-9(6-10)16-8/h8-11,16,18H,2-7H2,1H3. The molecule has 3 atom stereocenters. The Bertz CT molecular complexity index is 273. The fraction of sp³-hybridized carbons (Fsp3) is 1.00. The first-order valence-electron chi connectivity index (χ1n) is 6.65. The summed E-state index contributed by atoms with van der Waals surface area (Å²) >= 11 is 0. The van der Waals surface area contributed by atoms with Gasteiger partial charge in [0.05, 0.1) is 0 Å². The van der Waals surface area contributed by atoms with Gasteiger partial charge >= 0.3 is 6.18 Å². The van der Waals surface area contributed by atoms with E-state index in [1.807, 2.05) is 6.92 Å². The van der Waals surface area contributed by atoms with Crippen LogP contribution in [-0.4, -0.2) is 53.5 Å². The molecule has 2 saturated heterocycles. The first-order chi connectivity index (χ1) is 8.40. The number of fused-ring (bicyclic) bond motifs is 2. The molecule has 3 unspecified atom stereocenters. The highest BCUT2D eigenvalue weighted by Gasteiger charge is 2.41. The highest BCUT2D eigenvalue weighted by molar-refractivity contribution is 4.96. The number of halogens is 3. The zero-order valence-electron chi connectivity index (χ0n) is 10.6. The first kappa shape index (κ1) is 14.1. The van der Waals surface area contributed by atoms with Gasteiger partial charge in [-0.15, -0.1) is 0 Å². The third kappa shape index (κ3) is 3.16. The third-order valence-corrected chi connectivity index (χ3v) is 4.16. The summed E-state index contributed by atoms with van der Waals surface area (Å²) in [4.78, 5) is 1.78. The average molecular weight is 266 g/mol. The van der Waals surface area contributed by atoms with Crippen molar-refractivity contribution in [2.75, 3.05) is 13.1 Å². The molecule has 0 aromatic carbocycles. The van der Waals surface area contributed by atoms with Gasteiger partial charge in [-0.1, -0.05) is 6.92 Å². The van der Waals surface area contributed by atoms with E-state index in [4.69, 9.17) is 0 Å². The number of hydrogen-bond donors (Lipinski definition) is 2. The van der Waals surface area contributed by atoms with E-state index >= 15 is 0 Å². The van der Waals surface area contributed by atoms with Crippen molar-refractivity contribution < 1.29 is 18.3 Å². The largest absolute Gasteiger partial charge is 0.415 e. The van der Waals surface area contributed by atoms with Crippen LogP contribution in [-0.2, 0) is 0 Å². The highest BCUT2D eigenvalue weighted by Crippen LogP contribution is 2.30. The van der Waals surface area contributed by atoms with Gasteiger partial charge in [0.1, 0.15) is 0 Å². The topological polar surface area (TPSA) is 35.5 Å². The molecule has 18 heavy (non-hydrogen) atoms. The summed E-state index contributed by atoms with van der Waals surface area (Å²) < 4.78 is 37.2. The second-order valence-corrected chi connectivity index (χ2v) is 5.41. The van der Waals surface area contributed by atoms with Crippen molar-refractivity contribution in [3.63, 3.8) is 0 Å². The van der Waals surface area contributed by atoms with E-state index in [1.54, 1.807) is 4.90 Å². The molecule has 3 nitrogen and oxygen atoms in total. The summed E-state index contributed by atoms with van der Waals surface area (Å²) in [7, 11) is 0. The van der Waals surface area contributed by atoms with Gasteiger partial charge < -0.3 is 10.4 Å². The maximum absolute atomic E-state index is 12.4. The summed E-state index contributed by atoms with van der Waals surface area (Å²) in [5, 5.41) is 12.7. The van der Waals surface area contributed by atoms with Crippen molar-refractivity contribution in [3.8, 4) is 0 Å². The van der Waals surface area contributed by atoms with Crippen molar-refractivity contribution in [2.24, 2.45) is 0 Å². The smallest absolute Gasteiger partial charge is 0.382 e. The molecular weight excluding hydrogens is 245 g/mol. The van der Waals surface area contributed by atoms with E-state index in [0.29, 0.717) is 18.6 Å². The molecule has 2 heterocycles. The lowest BCUT2D eigenvalue weighted by Crippen LogP contribution is -2.51. The van der Waals surface area contributed by atoms with Gasteiger partial charge in [0.15, 0.2) is 6.10 Å². The van der Waals surface area contributed by atoms with E-state index in [0.717, 1.165) is 25.7 Å². The number of rotatable bonds is 4. The lowest BCUT2D eigenvalue weighted by Gasteiger charge is -2.38.